The lowest BCUT2D eigenvalue weighted by atomic mass is 9.82. The van der Waals surface area contributed by atoms with Crippen molar-refractivity contribution in [3.63, 3.8) is 0 Å². The summed E-state index contributed by atoms with van der Waals surface area (Å²) >= 11 is 0. The van der Waals surface area contributed by atoms with E-state index in [4.69, 9.17) is 16.6 Å². The Morgan fingerprint density at radius 2 is 1.89 bits per heavy atom. The number of para-hydroxylation sites is 1. The summed E-state index contributed by atoms with van der Waals surface area (Å²) in [5, 5.41) is 12.2. The number of likely N-dealkylation sites (tertiary alicyclic amines) is 1. The minimum atomic E-state index is 0.0225. The molecule has 2 atom stereocenters. The summed E-state index contributed by atoms with van der Waals surface area (Å²) < 4.78 is 0. The number of nitrogens with two attached hydrogens (primary N) is 1. The van der Waals surface area contributed by atoms with Crippen LogP contribution in [0.4, 0.5) is 11.5 Å². The predicted molar refractivity (Wildman–Crippen MR) is 110 cm³/mol. The Hall–Kier alpha value is -3.29. The number of rotatable bonds is 3. The summed E-state index contributed by atoms with van der Waals surface area (Å²) in [5.74, 6) is 1.59. The Labute approximate surface area is 164 Å². The van der Waals surface area contributed by atoms with Gasteiger partial charge in [0.1, 0.15) is 5.82 Å². The average Bonchev–Trinajstić information content (AvgIpc) is 2.70. The van der Waals surface area contributed by atoms with Gasteiger partial charge in [-0.25, -0.2) is 4.98 Å². The van der Waals surface area contributed by atoms with Crippen molar-refractivity contribution in [2.45, 2.75) is 19.4 Å². The molecule has 0 bridgehead atoms. The number of hydrogen-bond donors (Lipinski definition) is 3. The smallest absolute Gasteiger partial charge is 0.256 e. The first kappa shape index (κ1) is 19.5. The molecule has 3 heterocycles. The highest BCUT2D eigenvalue weighted by Crippen LogP contribution is 2.36. The zero-order chi connectivity index (χ0) is 20.1. The highest BCUT2D eigenvalue weighted by atomic mass is 16.2. The molecule has 8 nitrogen and oxygen atoms in total. The summed E-state index contributed by atoms with van der Waals surface area (Å²) in [7, 11) is 0. The number of nitrogen functional groups attached to an aromatic ring is 1. The van der Waals surface area contributed by atoms with Crippen LogP contribution in [-0.2, 0) is 0 Å². The highest BCUT2D eigenvalue weighted by Gasteiger charge is 2.44. The zero-order valence-electron chi connectivity index (χ0n) is 15.9. The van der Waals surface area contributed by atoms with E-state index in [9.17, 15) is 4.79 Å². The molecule has 2 aliphatic rings. The summed E-state index contributed by atoms with van der Waals surface area (Å²) in [6.45, 7) is 4.49. The molecule has 2 saturated heterocycles. The number of aryl methyl sites for hydroxylation is 1. The van der Waals surface area contributed by atoms with Crippen LogP contribution < -0.4 is 10.6 Å². The van der Waals surface area contributed by atoms with Crippen LogP contribution in [0.25, 0.3) is 0 Å². The van der Waals surface area contributed by atoms with Gasteiger partial charge in [-0.15, -0.1) is 0 Å². The molecule has 1 amide bonds. The van der Waals surface area contributed by atoms with Gasteiger partial charge >= 0.3 is 0 Å². The second kappa shape index (κ2) is 8.60. The van der Waals surface area contributed by atoms with E-state index in [-0.39, 0.29) is 5.91 Å². The average molecular weight is 379 g/mol. The van der Waals surface area contributed by atoms with Gasteiger partial charge in [0.2, 0.25) is 0 Å². The Kier molecular flexibility index (Phi) is 5.98. The number of amides is 1. The van der Waals surface area contributed by atoms with Crippen molar-refractivity contribution in [3.8, 4) is 0 Å². The van der Waals surface area contributed by atoms with Gasteiger partial charge in [-0.3, -0.25) is 9.78 Å². The molecule has 146 valence electrons. The molecule has 28 heavy (non-hydrogen) atoms. The normalized spacial score (nSPS) is 20.2. The van der Waals surface area contributed by atoms with Crippen molar-refractivity contribution in [1.82, 2.24) is 14.9 Å². The van der Waals surface area contributed by atoms with E-state index in [0.717, 1.165) is 43.5 Å². The van der Waals surface area contributed by atoms with Crippen LogP contribution in [-0.4, -0.2) is 58.9 Å². The molecular formula is C20H25N7O. The molecule has 4 rings (SSSR count). The molecule has 0 spiro atoms. The second-order valence-electron chi connectivity index (χ2n) is 6.91. The SMILES string of the molecule is Cc1nccnc1N1CC2CCN(C(=O)c3ccccc3N)CC21.N=CC=N. The fourth-order valence-electron chi connectivity index (χ4n) is 3.77. The summed E-state index contributed by atoms with van der Waals surface area (Å²) in [6.07, 6.45) is 6.30. The maximum atomic E-state index is 12.8. The van der Waals surface area contributed by atoms with Crippen LogP contribution in [0.5, 0.6) is 0 Å². The van der Waals surface area contributed by atoms with Crippen molar-refractivity contribution < 1.29 is 4.79 Å². The molecule has 2 unspecified atom stereocenters. The van der Waals surface area contributed by atoms with Crippen molar-refractivity contribution in [1.29, 1.82) is 10.8 Å². The lowest BCUT2D eigenvalue weighted by Gasteiger charge is -2.54. The minimum Gasteiger partial charge on any atom is -0.398 e. The van der Waals surface area contributed by atoms with Gasteiger partial charge in [-0.2, -0.15) is 0 Å². The molecule has 1 aromatic heterocycles. The molecule has 0 radical (unpaired) electrons. The third-order valence-electron chi connectivity index (χ3n) is 5.24. The maximum absolute atomic E-state index is 12.8. The molecule has 0 saturated carbocycles. The molecule has 2 aromatic rings. The van der Waals surface area contributed by atoms with Gasteiger partial charge in [0.15, 0.2) is 0 Å². The Balaban J connectivity index is 0.000000516. The Bertz CT molecular complexity index is 863. The van der Waals surface area contributed by atoms with Gasteiger partial charge in [-0.05, 0) is 25.5 Å². The Morgan fingerprint density at radius 1 is 1.18 bits per heavy atom. The number of piperidine rings is 1. The van der Waals surface area contributed by atoms with E-state index >= 15 is 0 Å². The molecule has 0 aliphatic carbocycles. The van der Waals surface area contributed by atoms with Crippen molar-refractivity contribution >= 4 is 29.8 Å². The monoisotopic (exact) mass is 379 g/mol. The van der Waals surface area contributed by atoms with E-state index in [0.29, 0.717) is 29.8 Å². The molecule has 4 N–H and O–H groups in total. The summed E-state index contributed by atoms with van der Waals surface area (Å²) in [5.41, 5.74) is 8.04. The van der Waals surface area contributed by atoms with Gasteiger partial charge < -0.3 is 26.4 Å². The highest BCUT2D eigenvalue weighted by molar-refractivity contribution is 6.12. The van der Waals surface area contributed by atoms with Crippen LogP contribution >= 0.6 is 0 Å². The van der Waals surface area contributed by atoms with Gasteiger partial charge in [0.25, 0.3) is 5.91 Å². The molecule has 8 heteroatoms. The van der Waals surface area contributed by atoms with Crippen LogP contribution in [0.2, 0.25) is 0 Å². The number of benzene rings is 1. The number of nitrogens with one attached hydrogen (secondary N) is 2. The standard InChI is InChI=1S/C18H21N5O.C2H4N2/c1-12-17(21-8-7-20-12)23-10-13-6-9-22(11-16(13)23)18(24)14-4-2-3-5-15(14)19;3-1-2-4/h2-5,7-8,13,16H,6,9-11,19H2,1H3;1-4H. The Morgan fingerprint density at radius 3 is 2.57 bits per heavy atom. The second-order valence-corrected chi connectivity index (χ2v) is 6.91. The number of carbonyl (C=O) groups excluding carboxylic acids is 1. The number of fused-ring (bicyclic) bond motifs is 1. The number of aromatic nitrogens is 2. The lowest BCUT2D eigenvalue weighted by Crippen LogP contribution is -2.65. The topological polar surface area (TPSA) is 123 Å². The molecule has 1 aromatic carbocycles. The largest absolute Gasteiger partial charge is 0.398 e. The fourth-order valence-corrected chi connectivity index (χ4v) is 3.77. The van der Waals surface area contributed by atoms with E-state index < -0.39 is 0 Å². The van der Waals surface area contributed by atoms with Gasteiger partial charge in [-0.1, -0.05) is 12.1 Å². The first-order valence-electron chi connectivity index (χ1n) is 9.24. The van der Waals surface area contributed by atoms with E-state index in [1.807, 2.05) is 24.0 Å². The van der Waals surface area contributed by atoms with E-state index in [1.165, 1.54) is 0 Å². The summed E-state index contributed by atoms with van der Waals surface area (Å²) in [6, 6.07) is 7.61. The lowest BCUT2D eigenvalue weighted by molar-refractivity contribution is 0.0592. The van der Waals surface area contributed by atoms with Crippen molar-refractivity contribution in [2.75, 3.05) is 30.3 Å². The van der Waals surface area contributed by atoms with Crippen LogP contribution in [0, 0.1) is 23.7 Å². The minimum absolute atomic E-state index is 0.0225. The predicted octanol–water partition coefficient (Wildman–Crippen LogP) is 2.00. The van der Waals surface area contributed by atoms with Crippen molar-refractivity contribution in [3.05, 3.63) is 47.9 Å². The fraction of sp³-hybridized carbons (Fsp3) is 0.350. The molecular weight excluding hydrogens is 354 g/mol. The number of nitrogens with zero attached hydrogens (tertiary/aromatic N) is 4. The third-order valence-corrected chi connectivity index (χ3v) is 5.24. The van der Waals surface area contributed by atoms with Crippen LogP contribution in [0.15, 0.2) is 36.7 Å². The number of hydrogen-bond acceptors (Lipinski definition) is 7. The molecule has 2 fully saturated rings. The third kappa shape index (κ3) is 3.85. The number of anilines is 2. The van der Waals surface area contributed by atoms with Crippen LogP contribution in [0.1, 0.15) is 22.5 Å². The van der Waals surface area contributed by atoms with E-state index in [2.05, 4.69) is 14.9 Å². The number of carbonyl (C=O) groups is 1. The molecule has 2 aliphatic heterocycles. The maximum Gasteiger partial charge on any atom is 0.256 e. The first-order valence-corrected chi connectivity index (χ1v) is 9.24. The van der Waals surface area contributed by atoms with Crippen LogP contribution in [0.3, 0.4) is 0 Å². The van der Waals surface area contributed by atoms with Gasteiger partial charge in [0, 0.05) is 56.1 Å². The zero-order valence-corrected chi connectivity index (χ0v) is 15.9. The quantitative estimate of drug-likeness (QED) is 0.556. The van der Waals surface area contributed by atoms with E-state index in [1.54, 1.807) is 24.5 Å². The first-order chi connectivity index (χ1) is 13.6. The van der Waals surface area contributed by atoms with Crippen molar-refractivity contribution in [2.24, 2.45) is 5.92 Å². The van der Waals surface area contributed by atoms with Gasteiger partial charge in [0.05, 0.1) is 17.3 Å². The summed E-state index contributed by atoms with van der Waals surface area (Å²) in [4.78, 5) is 25.8.